The number of carbonyl (C=O) groups excluding carboxylic acids is 1. The summed E-state index contributed by atoms with van der Waals surface area (Å²) < 4.78 is 0. The van der Waals surface area contributed by atoms with E-state index in [-0.39, 0.29) is 5.75 Å². The summed E-state index contributed by atoms with van der Waals surface area (Å²) >= 11 is 0. The zero-order chi connectivity index (χ0) is 15.8. The molecule has 1 rings (SSSR count). The second kappa shape index (κ2) is 8.05. The summed E-state index contributed by atoms with van der Waals surface area (Å²) in [5.41, 5.74) is 3.57. The number of phenolic OH excluding ortho intramolecular Hbond substituents is 1. The Morgan fingerprint density at radius 2 is 0.952 bits per heavy atom. The van der Waals surface area contributed by atoms with Crippen molar-refractivity contribution in [2.75, 3.05) is 0 Å². The van der Waals surface area contributed by atoms with Crippen LogP contribution in [-0.2, 0) is 0 Å². The van der Waals surface area contributed by atoms with Gasteiger partial charge in [0.15, 0.2) is 6.29 Å². The Hall–Kier alpha value is -2.35. The van der Waals surface area contributed by atoms with Gasteiger partial charge in [-0.1, -0.05) is 48.6 Å². The molecule has 0 aromatic heterocycles. The quantitative estimate of drug-likeness (QED) is 0.740. The van der Waals surface area contributed by atoms with Crippen molar-refractivity contribution in [3.63, 3.8) is 0 Å². The molecule has 110 valence electrons. The van der Waals surface area contributed by atoms with Crippen LogP contribution >= 0.6 is 0 Å². The number of hydrogen-bond acceptors (Lipinski definition) is 2. The first-order valence-electron chi connectivity index (χ1n) is 7.05. The zero-order valence-corrected chi connectivity index (χ0v) is 13.1. The molecule has 0 spiro atoms. The summed E-state index contributed by atoms with van der Waals surface area (Å²) in [5.74, 6) is 0.0255. The van der Waals surface area contributed by atoms with Gasteiger partial charge in [-0.15, -0.1) is 0 Å². The van der Waals surface area contributed by atoms with Crippen molar-refractivity contribution in [1.82, 2.24) is 0 Å². The molecule has 0 heterocycles. The molecule has 0 aliphatic carbocycles. The van der Waals surface area contributed by atoms with Crippen LogP contribution in [0.5, 0.6) is 5.75 Å². The number of aromatic hydroxyl groups is 1. The van der Waals surface area contributed by atoms with Gasteiger partial charge >= 0.3 is 0 Å². The fraction of sp³-hybridized carbons (Fsp3) is 0.211. The van der Waals surface area contributed by atoms with E-state index in [0.29, 0.717) is 17.4 Å². The molecule has 2 heteroatoms. The molecule has 0 aliphatic heterocycles. The highest BCUT2D eigenvalue weighted by atomic mass is 16.3. The van der Waals surface area contributed by atoms with Crippen LogP contribution in [0.3, 0.4) is 0 Å². The lowest BCUT2D eigenvalue weighted by Gasteiger charge is -2.16. The fourth-order valence-electron chi connectivity index (χ4n) is 2.33. The minimum absolute atomic E-state index is 0.0255. The standard InChI is InChI=1S/C19H22O2/c1-5-9-14-15(10-6-2)17(12-8-4)19(21)18(13-20)16(14)11-7-3/h5-13,21H,1-4H3. The van der Waals surface area contributed by atoms with Crippen molar-refractivity contribution in [2.45, 2.75) is 27.7 Å². The highest BCUT2D eigenvalue weighted by Crippen LogP contribution is 2.36. The lowest BCUT2D eigenvalue weighted by Crippen LogP contribution is -1.99. The molecule has 0 amide bonds. The minimum Gasteiger partial charge on any atom is -0.507 e. The van der Waals surface area contributed by atoms with Crippen molar-refractivity contribution in [3.8, 4) is 5.75 Å². The third kappa shape index (κ3) is 3.40. The van der Waals surface area contributed by atoms with Gasteiger partial charge in [0.1, 0.15) is 5.75 Å². The zero-order valence-electron chi connectivity index (χ0n) is 13.1. The molecule has 0 unspecified atom stereocenters. The van der Waals surface area contributed by atoms with Crippen LogP contribution in [0.2, 0.25) is 0 Å². The first-order chi connectivity index (χ1) is 10.2. The van der Waals surface area contributed by atoms with E-state index in [4.69, 9.17) is 0 Å². The molecule has 0 saturated carbocycles. The number of allylic oxidation sites excluding steroid dienone is 4. The Morgan fingerprint density at radius 3 is 1.33 bits per heavy atom. The molecule has 0 atom stereocenters. The third-order valence-corrected chi connectivity index (χ3v) is 3.12. The highest BCUT2D eigenvalue weighted by Gasteiger charge is 2.18. The van der Waals surface area contributed by atoms with E-state index in [1.807, 2.05) is 76.3 Å². The van der Waals surface area contributed by atoms with E-state index in [1.165, 1.54) is 0 Å². The van der Waals surface area contributed by atoms with E-state index in [0.717, 1.165) is 16.7 Å². The van der Waals surface area contributed by atoms with Crippen molar-refractivity contribution in [2.24, 2.45) is 0 Å². The maximum absolute atomic E-state index is 11.4. The molecule has 1 aromatic carbocycles. The number of hydrogen-bond donors (Lipinski definition) is 1. The number of carbonyl (C=O) groups is 1. The van der Waals surface area contributed by atoms with Crippen molar-refractivity contribution in [3.05, 3.63) is 52.1 Å². The fourth-order valence-corrected chi connectivity index (χ4v) is 2.33. The van der Waals surface area contributed by atoms with E-state index in [1.54, 1.807) is 0 Å². The van der Waals surface area contributed by atoms with Gasteiger partial charge in [0.2, 0.25) is 0 Å². The molecule has 0 saturated heterocycles. The third-order valence-electron chi connectivity index (χ3n) is 3.12. The van der Waals surface area contributed by atoms with E-state index in [2.05, 4.69) is 0 Å². The van der Waals surface area contributed by atoms with E-state index < -0.39 is 0 Å². The minimum atomic E-state index is 0.0255. The largest absolute Gasteiger partial charge is 0.507 e. The monoisotopic (exact) mass is 282 g/mol. The van der Waals surface area contributed by atoms with Gasteiger partial charge in [0.25, 0.3) is 0 Å². The smallest absolute Gasteiger partial charge is 0.154 e. The molecule has 0 aliphatic rings. The molecule has 21 heavy (non-hydrogen) atoms. The lowest BCUT2D eigenvalue weighted by atomic mass is 9.89. The van der Waals surface area contributed by atoms with Crippen LogP contribution in [0.1, 0.15) is 60.3 Å². The van der Waals surface area contributed by atoms with Gasteiger partial charge in [-0.05, 0) is 44.4 Å². The Balaban J connectivity index is 4.01. The number of aldehydes is 1. The van der Waals surface area contributed by atoms with Crippen LogP contribution in [0.15, 0.2) is 24.3 Å². The number of rotatable bonds is 5. The second-order valence-corrected chi connectivity index (χ2v) is 4.53. The summed E-state index contributed by atoms with van der Waals surface area (Å²) in [6.45, 7) is 7.63. The van der Waals surface area contributed by atoms with Crippen LogP contribution in [-0.4, -0.2) is 11.4 Å². The summed E-state index contributed by atoms with van der Waals surface area (Å²) in [4.78, 5) is 11.4. The summed E-state index contributed by atoms with van der Waals surface area (Å²) in [5, 5.41) is 10.5. The summed E-state index contributed by atoms with van der Waals surface area (Å²) in [6.07, 6.45) is 15.9. The predicted octanol–water partition coefficient (Wildman–Crippen LogP) is 5.34. The Kier molecular flexibility index (Phi) is 6.41. The molecule has 0 radical (unpaired) electrons. The first-order valence-corrected chi connectivity index (χ1v) is 7.05. The maximum Gasteiger partial charge on any atom is 0.154 e. The number of phenols is 1. The summed E-state index contributed by atoms with van der Waals surface area (Å²) in [6, 6.07) is 0. The van der Waals surface area contributed by atoms with Crippen LogP contribution in [0.4, 0.5) is 0 Å². The Labute approximate surface area is 126 Å². The second-order valence-electron chi connectivity index (χ2n) is 4.53. The molecule has 1 N–H and O–H groups in total. The summed E-state index contributed by atoms with van der Waals surface area (Å²) in [7, 11) is 0. The van der Waals surface area contributed by atoms with Crippen molar-refractivity contribution >= 4 is 30.6 Å². The lowest BCUT2D eigenvalue weighted by molar-refractivity contribution is 0.112. The van der Waals surface area contributed by atoms with Crippen molar-refractivity contribution in [1.29, 1.82) is 0 Å². The van der Waals surface area contributed by atoms with Crippen LogP contribution in [0, 0.1) is 0 Å². The molecule has 0 bridgehead atoms. The molecular formula is C19H22O2. The van der Waals surface area contributed by atoms with Gasteiger partial charge < -0.3 is 5.11 Å². The van der Waals surface area contributed by atoms with E-state index >= 15 is 0 Å². The van der Waals surface area contributed by atoms with Crippen molar-refractivity contribution < 1.29 is 9.90 Å². The van der Waals surface area contributed by atoms with Gasteiger partial charge in [0.05, 0.1) is 5.56 Å². The first kappa shape index (κ1) is 16.7. The SMILES string of the molecule is CC=Cc1c(O)c(C=O)c(C=CC)c(C=CC)c1C=CC. The molecule has 2 nitrogen and oxygen atoms in total. The average molecular weight is 282 g/mol. The molecule has 0 fully saturated rings. The highest BCUT2D eigenvalue weighted by molar-refractivity contribution is 5.95. The van der Waals surface area contributed by atoms with Gasteiger partial charge in [-0.2, -0.15) is 0 Å². The van der Waals surface area contributed by atoms with Crippen LogP contribution in [0.25, 0.3) is 24.3 Å². The normalized spacial score (nSPS) is 12.4. The van der Waals surface area contributed by atoms with Crippen LogP contribution < -0.4 is 0 Å². The van der Waals surface area contributed by atoms with E-state index in [9.17, 15) is 9.90 Å². The van der Waals surface area contributed by atoms with Gasteiger partial charge in [0, 0.05) is 5.56 Å². The Bertz CT molecular complexity index is 630. The van der Waals surface area contributed by atoms with Gasteiger partial charge in [-0.3, -0.25) is 4.79 Å². The number of benzene rings is 1. The predicted molar refractivity (Wildman–Crippen MR) is 92.3 cm³/mol. The topological polar surface area (TPSA) is 37.3 Å². The maximum atomic E-state index is 11.4. The molecular weight excluding hydrogens is 260 g/mol. The average Bonchev–Trinajstić information content (AvgIpc) is 2.47. The van der Waals surface area contributed by atoms with Gasteiger partial charge in [-0.25, -0.2) is 0 Å². The Morgan fingerprint density at radius 1 is 0.619 bits per heavy atom. The molecule has 1 aromatic rings.